The summed E-state index contributed by atoms with van der Waals surface area (Å²) in [6, 6.07) is 12.1. The fourth-order valence-corrected chi connectivity index (χ4v) is 5.28. The highest BCUT2D eigenvalue weighted by atomic mass is 35.5. The van der Waals surface area contributed by atoms with Gasteiger partial charge in [-0.1, -0.05) is 17.7 Å². The van der Waals surface area contributed by atoms with E-state index in [1.165, 1.54) is 12.3 Å². The Bertz CT molecular complexity index is 1560. The van der Waals surface area contributed by atoms with Crippen LogP contribution in [0.25, 0.3) is 5.52 Å². The molecule has 2 aromatic heterocycles. The summed E-state index contributed by atoms with van der Waals surface area (Å²) in [7, 11) is 0. The standard InChI is InChI=1S/C27H22ClF2N5O2/c28-22-12-18(3-5-24(22)34-14-19(36)15-34)33-26(37)20-13-32-35-9-6-16(10-25(20)35)27(7-1-8-31-27)21-11-17(29)2-4-23(21)30/h1-6,8-13,19,31,36H,7,14-15H2,(H,33,37)/t27-/m1/s1. The van der Waals surface area contributed by atoms with E-state index in [0.717, 1.165) is 17.8 Å². The first-order valence-corrected chi connectivity index (χ1v) is 12.1. The molecule has 0 radical (unpaired) electrons. The topological polar surface area (TPSA) is 81.9 Å². The van der Waals surface area contributed by atoms with Crippen LogP contribution in [-0.4, -0.2) is 39.8 Å². The summed E-state index contributed by atoms with van der Waals surface area (Å²) in [5, 5.41) is 20.3. The Morgan fingerprint density at radius 3 is 2.73 bits per heavy atom. The molecule has 2 aromatic carbocycles. The van der Waals surface area contributed by atoms with Gasteiger partial charge in [-0.15, -0.1) is 0 Å². The monoisotopic (exact) mass is 521 g/mol. The van der Waals surface area contributed by atoms with Crippen LogP contribution < -0.4 is 15.5 Å². The number of nitrogens with one attached hydrogen (secondary N) is 2. The third-order valence-corrected chi connectivity index (χ3v) is 7.23. The molecular weight excluding hydrogens is 500 g/mol. The number of aromatic nitrogens is 2. The van der Waals surface area contributed by atoms with Gasteiger partial charge in [0, 0.05) is 30.5 Å². The molecule has 1 amide bonds. The van der Waals surface area contributed by atoms with Gasteiger partial charge in [-0.2, -0.15) is 5.10 Å². The number of halogens is 3. The maximum Gasteiger partial charge on any atom is 0.259 e. The molecule has 4 heterocycles. The molecule has 1 saturated heterocycles. The number of aliphatic hydroxyl groups is 1. The predicted molar refractivity (Wildman–Crippen MR) is 137 cm³/mol. The van der Waals surface area contributed by atoms with Crippen LogP contribution in [0.5, 0.6) is 0 Å². The maximum absolute atomic E-state index is 14.9. The number of carbonyl (C=O) groups excluding carboxylic acids is 1. The molecule has 37 heavy (non-hydrogen) atoms. The first kappa shape index (κ1) is 23.4. The van der Waals surface area contributed by atoms with Crippen LogP contribution in [0.15, 0.2) is 73.2 Å². The number of benzene rings is 2. The molecule has 1 atom stereocenters. The third kappa shape index (κ3) is 4.00. The molecule has 188 valence electrons. The van der Waals surface area contributed by atoms with Gasteiger partial charge >= 0.3 is 0 Å². The molecular formula is C27H22ClF2N5O2. The lowest BCUT2D eigenvalue weighted by Crippen LogP contribution is -2.50. The molecule has 7 nitrogen and oxygen atoms in total. The van der Waals surface area contributed by atoms with E-state index in [1.807, 2.05) is 11.0 Å². The quantitative estimate of drug-likeness (QED) is 0.361. The van der Waals surface area contributed by atoms with Crippen molar-refractivity contribution in [2.45, 2.75) is 18.1 Å². The van der Waals surface area contributed by atoms with E-state index in [2.05, 4.69) is 15.7 Å². The number of aliphatic hydroxyl groups excluding tert-OH is 1. The van der Waals surface area contributed by atoms with Gasteiger partial charge in [0.2, 0.25) is 0 Å². The Morgan fingerprint density at radius 2 is 2.00 bits per heavy atom. The van der Waals surface area contributed by atoms with Crippen LogP contribution in [0.3, 0.4) is 0 Å². The van der Waals surface area contributed by atoms with Gasteiger partial charge in [-0.25, -0.2) is 13.3 Å². The molecule has 0 saturated carbocycles. The van der Waals surface area contributed by atoms with Crippen LogP contribution in [0, 0.1) is 11.6 Å². The zero-order chi connectivity index (χ0) is 25.7. The molecule has 10 heteroatoms. The van der Waals surface area contributed by atoms with Gasteiger partial charge in [0.05, 0.1) is 39.6 Å². The second kappa shape index (κ2) is 8.86. The molecule has 2 aliphatic rings. The van der Waals surface area contributed by atoms with Crippen LogP contribution in [0.4, 0.5) is 20.2 Å². The van der Waals surface area contributed by atoms with E-state index < -0.39 is 17.2 Å². The number of carbonyl (C=O) groups is 1. The van der Waals surface area contributed by atoms with Crippen LogP contribution in [0.1, 0.15) is 27.9 Å². The maximum atomic E-state index is 14.9. The molecule has 3 N–H and O–H groups in total. The Hall–Kier alpha value is -3.95. The summed E-state index contributed by atoms with van der Waals surface area (Å²) in [6.07, 6.45) is 6.76. The average molecular weight is 522 g/mol. The molecule has 1 fully saturated rings. The number of amides is 1. The summed E-state index contributed by atoms with van der Waals surface area (Å²) < 4.78 is 30.5. The number of anilines is 2. The molecule has 0 unspecified atom stereocenters. The van der Waals surface area contributed by atoms with Crippen molar-refractivity contribution in [3.05, 3.63) is 107 Å². The summed E-state index contributed by atoms with van der Waals surface area (Å²) >= 11 is 6.42. The number of fused-ring (bicyclic) bond motifs is 1. The first-order valence-electron chi connectivity index (χ1n) is 11.7. The normalized spacial score (nSPS) is 19.2. The van der Waals surface area contributed by atoms with E-state index in [1.54, 1.807) is 47.2 Å². The lowest BCUT2D eigenvalue weighted by molar-refractivity contribution is 0.102. The minimum absolute atomic E-state index is 0.178. The highest BCUT2D eigenvalue weighted by molar-refractivity contribution is 6.33. The van der Waals surface area contributed by atoms with Crippen LogP contribution >= 0.6 is 11.6 Å². The molecule has 0 bridgehead atoms. The van der Waals surface area contributed by atoms with Crippen LogP contribution in [0.2, 0.25) is 5.02 Å². The van der Waals surface area contributed by atoms with E-state index in [4.69, 9.17) is 11.6 Å². The zero-order valence-electron chi connectivity index (χ0n) is 19.5. The number of pyridine rings is 1. The second-order valence-corrected chi connectivity index (χ2v) is 9.67. The van der Waals surface area contributed by atoms with Crippen molar-refractivity contribution in [2.75, 3.05) is 23.3 Å². The fraction of sp³-hybridized carbons (Fsp3) is 0.185. The number of rotatable bonds is 5. The first-order chi connectivity index (χ1) is 17.8. The van der Waals surface area contributed by atoms with E-state index in [-0.39, 0.29) is 17.6 Å². The molecule has 0 aliphatic carbocycles. The van der Waals surface area contributed by atoms with Crippen molar-refractivity contribution in [3.63, 3.8) is 0 Å². The zero-order valence-corrected chi connectivity index (χ0v) is 20.2. The highest BCUT2D eigenvalue weighted by Gasteiger charge is 2.38. The van der Waals surface area contributed by atoms with Gasteiger partial charge in [-0.05, 0) is 66.7 Å². The highest BCUT2D eigenvalue weighted by Crippen LogP contribution is 2.39. The van der Waals surface area contributed by atoms with E-state index >= 15 is 0 Å². The number of hydrogen-bond donors (Lipinski definition) is 3. The molecule has 2 aliphatic heterocycles. The van der Waals surface area contributed by atoms with Crippen molar-refractivity contribution >= 4 is 34.4 Å². The minimum Gasteiger partial charge on any atom is -0.389 e. The minimum atomic E-state index is -1.03. The number of hydrogen-bond acceptors (Lipinski definition) is 5. The summed E-state index contributed by atoms with van der Waals surface area (Å²) in [4.78, 5) is 15.2. The SMILES string of the molecule is O=C(Nc1ccc(N2CC(O)C2)c(Cl)c1)c1cnn2ccc([C@@]3(c4cc(F)ccc4F)CC=CN3)cc12. The lowest BCUT2D eigenvalue weighted by atomic mass is 9.81. The van der Waals surface area contributed by atoms with Crippen molar-refractivity contribution < 1.29 is 18.7 Å². The fourth-order valence-electron chi connectivity index (χ4n) is 4.98. The smallest absolute Gasteiger partial charge is 0.259 e. The Morgan fingerprint density at radius 1 is 1.16 bits per heavy atom. The summed E-state index contributed by atoms with van der Waals surface area (Å²) in [5.41, 5.74) is 1.93. The Kier molecular flexibility index (Phi) is 5.62. The third-order valence-electron chi connectivity index (χ3n) is 6.93. The number of nitrogens with zero attached hydrogens (tertiary/aromatic N) is 3. The summed E-state index contributed by atoms with van der Waals surface area (Å²) in [5.74, 6) is -1.46. The number of β-amino-alcohol motifs (C(OH)–C–C–N with tert-alkyl or cyclic N) is 1. The van der Waals surface area contributed by atoms with Gasteiger partial charge in [0.25, 0.3) is 5.91 Å². The van der Waals surface area contributed by atoms with E-state index in [9.17, 15) is 18.7 Å². The Balaban J connectivity index is 1.32. The Labute approximate surface area is 216 Å². The van der Waals surface area contributed by atoms with Crippen LogP contribution in [-0.2, 0) is 5.54 Å². The van der Waals surface area contributed by atoms with Crippen molar-refractivity contribution in [2.24, 2.45) is 0 Å². The predicted octanol–water partition coefficient (Wildman–Crippen LogP) is 4.45. The lowest BCUT2D eigenvalue weighted by Gasteiger charge is -2.38. The van der Waals surface area contributed by atoms with Crippen molar-refractivity contribution in [3.8, 4) is 0 Å². The molecule has 0 spiro atoms. The van der Waals surface area contributed by atoms with Gasteiger partial charge in [0.15, 0.2) is 0 Å². The van der Waals surface area contributed by atoms with Gasteiger partial charge < -0.3 is 20.6 Å². The molecule has 6 rings (SSSR count). The van der Waals surface area contributed by atoms with Crippen molar-refractivity contribution in [1.29, 1.82) is 0 Å². The van der Waals surface area contributed by atoms with E-state index in [0.29, 0.717) is 46.9 Å². The van der Waals surface area contributed by atoms with Gasteiger partial charge in [0.1, 0.15) is 11.6 Å². The van der Waals surface area contributed by atoms with Crippen molar-refractivity contribution in [1.82, 2.24) is 14.9 Å². The van der Waals surface area contributed by atoms with Gasteiger partial charge in [-0.3, -0.25) is 4.79 Å². The largest absolute Gasteiger partial charge is 0.389 e. The molecule has 4 aromatic rings. The summed E-state index contributed by atoms with van der Waals surface area (Å²) in [6.45, 7) is 1.03. The average Bonchev–Trinajstić information content (AvgIpc) is 3.52. The second-order valence-electron chi connectivity index (χ2n) is 9.26.